The van der Waals surface area contributed by atoms with Crippen LogP contribution in [0.25, 0.3) is 0 Å². The third-order valence-electron chi connectivity index (χ3n) is 1.63. The summed E-state index contributed by atoms with van der Waals surface area (Å²) < 4.78 is 0. The Bertz CT molecular complexity index is 141. The number of carbonyl (C=O) groups is 1. The van der Waals surface area contributed by atoms with E-state index >= 15 is 0 Å². The average molecular weight is 159 g/mol. The van der Waals surface area contributed by atoms with Crippen LogP contribution >= 0.6 is 0 Å². The lowest BCUT2D eigenvalue weighted by atomic mass is 10.4. The average Bonchev–Trinajstić information content (AvgIpc) is 2.39. The van der Waals surface area contributed by atoms with Crippen LogP contribution in [0.2, 0.25) is 0 Å². The second kappa shape index (κ2) is 3.69. The van der Waals surface area contributed by atoms with Crippen molar-refractivity contribution in [1.29, 1.82) is 0 Å². The van der Waals surface area contributed by atoms with Gasteiger partial charge in [-0.25, -0.2) is 4.79 Å². The van der Waals surface area contributed by atoms with E-state index in [0.717, 1.165) is 25.9 Å². The third-order valence-corrected chi connectivity index (χ3v) is 1.63. The number of hydrogen-bond donors (Lipinski definition) is 1. The van der Waals surface area contributed by atoms with Crippen molar-refractivity contribution < 1.29 is 14.7 Å². The van der Waals surface area contributed by atoms with Crippen molar-refractivity contribution in [2.24, 2.45) is 0 Å². The van der Waals surface area contributed by atoms with Gasteiger partial charge >= 0.3 is 5.97 Å². The van der Waals surface area contributed by atoms with Crippen LogP contribution in [0.1, 0.15) is 19.8 Å². The molecule has 1 N–H and O–H groups in total. The zero-order valence-corrected chi connectivity index (χ0v) is 6.62. The number of aliphatic hydroxyl groups excluding tert-OH is 1. The zero-order chi connectivity index (χ0) is 8.27. The molecule has 11 heavy (non-hydrogen) atoms. The molecule has 0 aromatic carbocycles. The van der Waals surface area contributed by atoms with E-state index in [1.54, 1.807) is 5.06 Å². The minimum atomic E-state index is -1.02. The van der Waals surface area contributed by atoms with Crippen LogP contribution < -0.4 is 0 Å². The molecule has 0 saturated carbocycles. The minimum Gasteiger partial charge on any atom is -0.382 e. The van der Waals surface area contributed by atoms with Gasteiger partial charge in [-0.15, -0.1) is 5.06 Å². The highest BCUT2D eigenvalue weighted by Gasteiger charge is 2.18. The lowest BCUT2D eigenvalue weighted by Crippen LogP contribution is -2.29. The molecule has 1 atom stereocenters. The molecule has 0 aromatic rings. The summed E-state index contributed by atoms with van der Waals surface area (Å²) in [4.78, 5) is 15.6. The maximum Gasteiger partial charge on any atom is 0.353 e. The Morgan fingerprint density at radius 1 is 1.55 bits per heavy atom. The molecule has 1 heterocycles. The van der Waals surface area contributed by atoms with Gasteiger partial charge in [-0.2, -0.15) is 0 Å². The van der Waals surface area contributed by atoms with E-state index in [-0.39, 0.29) is 0 Å². The van der Waals surface area contributed by atoms with Gasteiger partial charge in [0.15, 0.2) is 6.10 Å². The van der Waals surface area contributed by atoms with Crippen LogP contribution in [0.5, 0.6) is 0 Å². The molecular weight excluding hydrogens is 146 g/mol. The summed E-state index contributed by atoms with van der Waals surface area (Å²) in [6.45, 7) is 2.98. The number of nitrogens with zero attached hydrogens (tertiary/aromatic N) is 1. The van der Waals surface area contributed by atoms with Gasteiger partial charge in [-0.3, -0.25) is 0 Å². The minimum absolute atomic E-state index is 0.563. The highest BCUT2D eigenvalue weighted by atomic mass is 16.7. The Labute approximate surface area is 65.7 Å². The Morgan fingerprint density at radius 2 is 2.09 bits per heavy atom. The molecule has 0 bridgehead atoms. The lowest BCUT2D eigenvalue weighted by Gasteiger charge is -2.14. The summed E-state index contributed by atoms with van der Waals surface area (Å²) in [5, 5.41) is 10.4. The smallest absolute Gasteiger partial charge is 0.353 e. The molecule has 64 valence electrons. The molecule has 0 radical (unpaired) electrons. The molecule has 4 heteroatoms. The summed E-state index contributed by atoms with van der Waals surface area (Å²) in [6, 6.07) is 0. The fourth-order valence-corrected chi connectivity index (χ4v) is 0.983. The predicted octanol–water partition coefficient (Wildman–Crippen LogP) is -0.0788. The number of carbonyl (C=O) groups excluding carboxylic acids is 1. The van der Waals surface area contributed by atoms with Crippen molar-refractivity contribution in [3.63, 3.8) is 0 Å². The standard InChI is InChI=1S/C7H13NO3/c1-6(9)7(10)11-8-4-2-3-5-8/h6,9H,2-5H2,1H3. The molecule has 1 aliphatic heterocycles. The Hall–Kier alpha value is -0.610. The van der Waals surface area contributed by atoms with E-state index in [2.05, 4.69) is 0 Å². The van der Waals surface area contributed by atoms with Gasteiger partial charge in [0.1, 0.15) is 0 Å². The largest absolute Gasteiger partial charge is 0.382 e. The normalized spacial score (nSPS) is 21.6. The van der Waals surface area contributed by atoms with Crippen molar-refractivity contribution in [3.05, 3.63) is 0 Å². The van der Waals surface area contributed by atoms with Gasteiger partial charge in [0, 0.05) is 13.1 Å². The molecule has 0 aliphatic carbocycles. The first kappa shape index (κ1) is 8.49. The quantitative estimate of drug-likeness (QED) is 0.612. The van der Waals surface area contributed by atoms with Crippen LogP contribution in [0, 0.1) is 0 Å². The molecule has 1 rings (SSSR count). The van der Waals surface area contributed by atoms with E-state index < -0.39 is 12.1 Å². The number of rotatable bonds is 2. The molecule has 1 unspecified atom stereocenters. The second-order valence-electron chi connectivity index (χ2n) is 2.72. The van der Waals surface area contributed by atoms with Crippen LogP contribution in [0.3, 0.4) is 0 Å². The maximum absolute atomic E-state index is 10.8. The number of aliphatic hydroxyl groups is 1. The van der Waals surface area contributed by atoms with Gasteiger partial charge < -0.3 is 9.94 Å². The maximum atomic E-state index is 10.8. The Balaban J connectivity index is 2.24. The molecule has 4 nitrogen and oxygen atoms in total. The van der Waals surface area contributed by atoms with Crippen LogP contribution in [-0.4, -0.2) is 35.3 Å². The monoisotopic (exact) mass is 159 g/mol. The summed E-state index contributed by atoms with van der Waals surface area (Å²) in [5.74, 6) is -0.563. The summed E-state index contributed by atoms with van der Waals surface area (Å²) in [6.07, 6.45) is 1.11. The molecule has 0 aromatic heterocycles. The van der Waals surface area contributed by atoms with Gasteiger partial charge in [-0.05, 0) is 19.8 Å². The fraction of sp³-hybridized carbons (Fsp3) is 0.857. The topological polar surface area (TPSA) is 49.8 Å². The van der Waals surface area contributed by atoms with Crippen molar-refractivity contribution in [2.75, 3.05) is 13.1 Å². The highest BCUT2D eigenvalue weighted by molar-refractivity contribution is 5.73. The SMILES string of the molecule is CC(O)C(=O)ON1CCCC1. The Kier molecular flexibility index (Phi) is 2.84. The first-order valence-corrected chi connectivity index (χ1v) is 3.85. The first-order valence-electron chi connectivity index (χ1n) is 3.85. The Morgan fingerprint density at radius 3 is 2.55 bits per heavy atom. The lowest BCUT2D eigenvalue weighted by molar-refractivity contribution is -0.194. The van der Waals surface area contributed by atoms with Crippen LogP contribution in [-0.2, 0) is 9.63 Å². The van der Waals surface area contributed by atoms with Crippen LogP contribution in [0.15, 0.2) is 0 Å². The molecule has 0 spiro atoms. The van der Waals surface area contributed by atoms with Crippen molar-refractivity contribution in [2.45, 2.75) is 25.9 Å². The van der Waals surface area contributed by atoms with Gasteiger partial charge in [0.05, 0.1) is 0 Å². The van der Waals surface area contributed by atoms with E-state index in [4.69, 9.17) is 9.94 Å². The second-order valence-corrected chi connectivity index (χ2v) is 2.72. The molecular formula is C7H13NO3. The summed E-state index contributed by atoms with van der Waals surface area (Å²) >= 11 is 0. The fourth-order valence-electron chi connectivity index (χ4n) is 0.983. The van der Waals surface area contributed by atoms with Crippen molar-refractivity contribution in [1.82, 2.24) is 5.06 Å². The van der Waals surface area contributed by atoms with Crippen LogP contribution in [0.4, 0.5) is 0 Å². The van der Waals surface area contributed by atoms with E-state index in [1.165, 1.54) is 6.92 Å². The molecule has 1 fully saturated rings. The van der Waals surface area contributed by atoms with E-state index in [0.29, 0.717) is 0 Å². The first-order chi connectivity index (χ1) is 5.20. The van der Waals surface area contributed by atoms with Gasteiger partial charge in [0.25, 0.3) is 0 Å². The number of hydrogen-bond acceptors (Lipinski definition) is 4. The van der Waals surface area contributed by atoms with Crippen molar-refractivity contribution in [3.8, 4) is 0 Å². The van der Waals surface area contributed by atoms with E-state index in [9.17, 15) is 4.79 Å². The molecule has 1 aliphatic rings. The van der Waals surface area contributed by atoms with Gasteiger partial charge in [0.2, 0.25) is 0 Å². The highest BCUT2D eigenvalue weighted by Crippen LogP contribution is 2.07. The third kappa shape index (κ3) is 2.48. The molecule has 1 saturated heterocycles. The summed E-state index contributed by atoms with van der Waals surface area (Å²) in [5.41, 5.74) is 0. The molecule has 0 amide bonds. The zero-order valence-electron chi connectivity index (χ0n) is 6.62. The predicted molar refractivity (Wildman–Crippen MR) is 38.6 cm³/mol. The number of hydroxylamine groups is 2. The van der Waals surface area contributed by atoms with E-state index in [1.807, 2.05) is 0 Å². The van der Waals surface area contributed by atoms with Gasteiger partial charge in [-0.1, -0.05) is 0 Å². The summed E-state index contributed by atoms with van der Waals surface area (Å²) in [7, 11) is 0. The van der Waals surface area contributed by atoms with Crippen molar-refractivity contribution >= 4 is 5.97 Å².